The summed E-state index contributed by atoms with van der Waals surface area (Å²) in [4.78, 5) is 0. The zero-order valence-electron chi connectivity index (χ0n) is 11.9. The highest BCUT2D eigenvalue weighted by Gasteiger charge is 2.16. The lowest BCUT2D eigenvalue weighted by atomic mass is 10.1. The number of nitrogen functional groups attached to an aromatic ring is 2. The van der Waals surface area contributed by atoms with E-state index in [1.165, 1.54) is 0 Å². The zero-order chi connectivity index (χ0) is 15.0. The average Bonchev–Trinajstić information content (AvgIpc) is 3.02. The largest absolute Gasteiger partial charge is 0.399 e. The SMILES string of the molecule is CCc1nn(C)cc1-n1nnnc1-c1cc(N)cc(N)c1. The van der Waals surface area contributed by atoms with Gasteiger partial charge in [0.1, 0.15) is 5.69 Å². The van der Waals surface area contributed by atoms with Gasteiger partial charge < -0.3 is 11.5 Å². The number of nitrogens with two attached hydrogens (primary N) is 2. The van der Waals surface area contributed by atoms with Crippen molar-refractivity contribution in [2.45, 2.75) is 13.3 Å². The first-order chi connectivity index (χ1) is 10.1. The van der Waals surface area contributed by atoms with E-state index >= 15 is 0 Å². The van der Waals surface area contributed by atoms with E-state index < -0.39 is 0 Å². The number of aromatic nitrogens is 6. The van der Waals surface area contributed by atoms with Crippen molar-refractivity contribution in [3.05, 3.63) is 30.1 Å². The lowest BCUT2D eigenvalue weighted by Gasteiger charge is -2.06. The molecule has 0 aliphatic heterocycles. The summed E-state index contributed by atoms with van der Waals surface area (Å²) in [5, 5.41) is 16.3. The maximum absolute atomic E-state index is 5.84. The second-order valence-corrected chi connectivity index (χ2v) is 4.79. The minimum absolute atomic E-state index is 0.571. The van der Waals surface area contributed by atoms with Crippen molar-refractivity contribution in [1.29, 1.82) is 0 Å². The van der Waals surface area contributed by atoms with Gasteiger partial charge >= 0.3 is 0 Å². The Kier molecular flexibility index (Phi) is 3.05. The van der Waals surface area contributed by atoms with E-state index in [0.29, 0.717) is 17.2 Å². The van der Waals surface area contributed by atoms with Crippen LogP contribution in [0, 0.1) is 0 Å². The molecule has 8 nitrogen and oxygen atoms in total. The Morgan fingerprint density at radius 2 is 1.86 bits per heavy atom. The van der Waals surface area contributed by atoms with E-state index in [1.54, 1.807) is 27.6 Å². The number of anilines is 2. The molecule has 0 spiro atoms. The summed E-state index contributed by atoms with van der Waals surface area (Å²) in [5.41, 5.74) is 15.4. The molecule has 0 aliphatic carbocycles. The smallest absolute Gasteiger partial charge is 0.187 e. The Morgan fingerprint density at radius 1 is 1.14 bits per heavy atom. The van der Waals surface area contributed by atoms with Crippen LogP contribution in [0.25, 0.3) is 17.1 Å². The molecule has 0 amide bonds. The quantitative estimate of drug-likeness (QED) is 0.687. The third-order valence-corrected chi connectivity index (χ3v) is 3.15. The summed E-state index contributed by atoms with van der Waals surface area (Å²) < 4.78 is 3.40. The zero-order valence-corrected chi connectivity index (χ0v) is 11.9. The molecule has 108 valence electrons. The first-order valence-electron chi connectivity index (χ1n) is 6.56. The molecule has 0 radical (unpaired) electrons. The van der Waals surface area contributed by atoms with Gasteiger partial charge in [-0.3, -0.25) is 4.68 Å². The summed E-state index contributed by atoms with van der Waals surface area (Å²) in [6, 6.07) is 5.28. The van der Waals surface area contributed by atoms with E-state index in [1.807, 2.05) is 20.2 Å². The van der Waals surface area contributed by atoms with Crippen LogP contribution in [0.1, 0.15) is 12.6 Å². The van der Waals surface area contributed by atoms with E-state index in [-0.39, 0.29) is 0 Å². The monoisotopic (exact) mass is 284 g/mol. The minimum Gasteiger partial charge on any atom is -0.399 e. The van der Waals surface area contributed by atoms with Gasteiger partial charge in [0.05, 0.1) is 11.9 Å². The molecule has 2 aromatic heterocycles. The van der Waals surface area contributed by atoms with Crippen molar-refractivity contribution in [2.75, 3.05) is 11.5 Å². The molecule has 3 aromatic rings. The maximum Gasteiger partial charge on any atom is 0.187 e. The Morgan fingerprint density at radius 3 is 2.52 bits per heavy atom. The summed E-state index contributed by atoms with van der Waals surface area (Å²) in [6.07, 6.45) is 2.67. The van der Waals surface area contributed by atoms with Gasteiger partial charge in [-0.05, 0) is 35.0 Å². The maximum atomic E-state index is 5.84. The molecule has 3 rings (SSSR count). The summed E-state index contributed by atoms with van der Waals surface area (Å²) in [7, 11) is 1.87. The van der Waals surface area contributed by atoms with Crippen molar-refractivity contribution in [2.24, 2.45) is 7.05 Å². The van der Waals surface area contributed by atoms with Gasteiger partial charge in [-0.1, -0.05) is 6.92 Å². The molecule has 4 N–H and O–H groups in total. The molecule has 0 aliphatic rings. The van der Waals surface area contributed by atoms with Crippen LogP contribution in [0.15, 0.2) is 24.4 Å². The fourth-order valence-electron chi connectivity index (χ4n) is 2.29. The Bertz CT molecular complexity index is 765. The van der Waals surface area contributed by atoms with Crippen LogP contribution in [-0.2, 0) is 13.5 Å². The number of hydrogen-bond acceptors (Lipinski definition) is 6. The number of aryl methyl sites for hydroxylation is 2. The Balaban J connectivity index is 2.16. The first-order valence-corrected chi connectivity index (χ1v) is 6.56. The van der Waals surface area contributed by atoms with Crippen molar-refractivity contribution in [3.8, 4) is 17.1 Å². The minimum atomic E-state index is 0.571. The van der Waals surface area contributed by atoms with Crippen LogP contribution in [-0.4, -0.2) is 30.0 Å². The molecule has 0 saturated heterocycles. The molecule has 0 bridgehead atoms. The summed E-state index contributed by atoms with van der Waals surface area (Å²) in [6.45, 7) is 2.04. The van der Waals surface area contributed by atoms with Crippen LogP contribution in [0.5, 0.6) is 0 Å². The highest BCUT2D eigenvalue weighted by atomic mass is 15.5. The Labute approximate surface area is 121 Å². The summed E-state index contributed by atoms with van der Waals surface area (Å²) in [5.74, 6) is 0.580. The number of nitrogens with zero attached hydrogens (tertiary/aromatic N) is 6. The van der Waals surface area contributed by atoms with Gasteiger partial charge in [0.15, 0.2) is 5.82 Å². The number of tetrazole rings is 1. The molecule has 0 saturated carbocycles. The number of hydrogen-bond donors (Lipinski definition) is 2. The van der Waals surface area contributed by atoms with Crippen LogP contribution in [0.3, 0.4) is 0 Å². The van der Waals surface area contributed by atoms with E-state index in [2.05, 4.69) is 20.6 Å². The van der Waals surface area contributed by atoms with Gasteiger partial charge in [0, 0.05) is 24.0 Å². The molecule has 0 fully saturated rings. The van der Waals surface area contributed by atoms with Crippen molar-refractivity contribution in [1.82, 2.24) is 30.0 Å². The van der Waals surface area contributed by atoms with Crippen LogP contribution in [0.2, 0.25) is 0 Å². The third kappa shape index (κ3) is 2.31. The summed E-state index contributed by atoms with van der Waals surface area (Å²) >= 11 is 0. The molecule has 8 heteroatoms. The molecule has 1 aromatic carbocycles. The van der Waals surface area contributed by atoms with Crippen LogP contribution in [0.4, 0.5) is 11.4 Å². The lowest BCUT2D eigenvalue weighted by molar-refractivity contribution is 0.746. The molecular weight excluding hydrogens is 268 g/mol. The predicted octanol–water partition coefficient (Wildman–Crippen LogP) is 0.790. The Hall–Kier alpha value is -2.90. The van der Waals surface area contributed by atoms with Gasteiger partial charge in [0.2, 0.25) is 0 Å². The topological polar surface area (TPSA) is 113 Å². The van der Waals surface area contributed by atoms with Gasteiger partial charge in [0.25, 0.3) is 0 Å². The van der Waals surface area contributed by atoms with Gasteiger partial charge in [-0.2, -0.15) is 9.78 Å². The van der Waals surface area contributed by atoms with Crippen LogP contribution < -0.4 is 11.5 Å². The standard InChI is InChI=1S/C13H16N8/c1-3-11-12(7-20(2)17-11)21-13(16-18-19-21)8-4-9(14)6-10(15)5-8/h4-7H,3,14-15H2,1-2H3. The molecule has 2 heterocycles. The highest BCUT2D eigenvalue weighted by Crippen LogP contribution is 2.25. The van der Waals surface area contributed by atoms with Gasteiger partial charge in [-0.25, -0.2) is 0 Å². The lowest BCUT2D eigenvalue weighted by Crippen LogP contribution is -2.02. The second kappa shape index (κ2) is 4.89. The number of rotatable bonds is 3. The molecule has 0 unspecified atom stereocenters. The first kappa shape index (κ1) is 13.1. The second-order valence-electron chi connectivity index (χ2n) is 4.79. The fourth-order valence-corrected chi connectivity index (χ4v) is 2.29. The van der Waals surface area contributed by atoms with E-state index in [4.69, 9.17) is 11.5 Å². The van der Waals surface area contributed by atoms with Crippen molar-refractivity contribution >= 4 is 11.4 Å². The predicted molar refractivity (Wildman–Crippen MR) is 79.6 cm³/mol. The van der Waals surface area contributed by atoms with Crippen LogP contribution >= 0.6 is 0 Å². The fraction of sp³-hybridized carbons (Fsp3) is 0.231. The van der Waals surface area contributed by atoms with E-state index in [9.17, 15) is 0 Å². The van der Waals surface area contributed by atoms with Crippen molar-refractivity contribution < 1.29 is 0 Å². The third-order valence-electron chi connectivity index (χ3n) is 3.15. The molecule has 0 atom stereocenters. The van der Waals surface area contributed by atoms with Gasteiger partial charge in [-0.15, -0.1) is 5.10 Å². The normalized spacial score (nSPS) is 11.0. The van der Waals surface area contributed by atoms with E-state index in [0.717, 1.165) is 23.4 Å². The average molecular weight is 284 g/mol. The molecular formula is C13H16N8. The highest BCUT2D eigenvalue weighted by molar-refractivity contribution is 5.68. The van der Waals surface area contributed by atoms with Crippen molar-refractivity contribution in [3.63, 3.8) is 0 Å². The number of benzene rings is 1. The molecule has 21 heavy (non-hydrogen) atoms.